The van der Waals surface area contributed by atoms with Gasteiger partial charge >= 0.3 is 0 Å². The maximum atomic E-state index is 9.43. The molecule has 0 bridgehead atoms. The van der Waals surface area contributed by atoms with Gasteiger partial charge in [0.2, 0.25) is 0 Å². The molecule has 0 radical (unpaired) electrons. The molecular weight excluding hydrogens is 356 g/mol. The highest BCUT2D eigenvalue weighted by atomic mass is 79.9. The van der Waals surface area contributed by atoms with Gasteiger partial charge in [-0.05, 0) is 23.8 Å². The van der Waals surface area contributed by atoms with Gasteiger partial charge in [-0.25, -0.2) is 4.98 Å². The summed E-state index contributed by atoms with van der Waals surface area (Å²) in [7, 11) is 0. The maximum absolute atomic E-state index is 9.43. The minimum Gasteiger partial charge on any atom is -0.235 e. The summed E-state index contributed by atoms with van der Waals surface area (Å²) in [4.78, 5) is 4.59. The fraction of sp³-hybridized carbons (Fsp3) is 0. The lowest BCUT2D eigenvalue weighted by Gasteiger charge is -1.97. The van der Waals surface area contributed by atoms with E-state index in [4.69, 9.17) is 0 Å². The van der Waals surface area contributed by atoms with Crippen LogP contribution in [-0.4, -0.2) is 4.98 Å². The van der Waals surface area contributed by atoms with Gasteiger partial charge in [-0.15, -0.1) is 11.3 Å². The zero-order chi connectivity index (χ0) is 15.4. The number of hydrogen-bond acceptors (Lipinski definition) is 3. The van der Waals surface area contributed by atoms with E-state index in [2.05, 4.69) is 27.0 Å². The molecular formula is C18H11BrN2S. The van der Waals surface area contributed by atoms with Crippen molar-refractivity contribution in [2.45, 2.75) is 0 Å². The van der Waals surface area contributed by atoms with Crippen LogP contribution in [0.4, 0.5) is 0 Å². The summed E-state index contributed by atoms with van der Waals surface area (Å²) in [6.45, 7) is 0. The Labute approximate surface area is 141 Å². The first kappa shape index (κ1) is 14.7. The molecule has 0 aliphatic carbocycles. The van der Waals surface area contributed by atoms with E-state index in [1.807, 2.05) is 66.1 Å². The Kier molecular flexibility index (Phi) is 4.47. The number of rotatable bonds is 3. The topological polar surface area (TPSA) is 36.7 Å². The second kappa shape index (κ2) is 6.69. The van der Waals surface area contributed by atoms with Crippen molar-refractivity contribution >= 4 is 38.9 Å². The van der Waals surface area contributed by atoms with E-state index in [1.54, 1.807) is 0 Å². The van der Waals surface area contributed by atoms with Crippen LogP contribution < -0.4 is 0 Å². The normalized spacial score (nSPS) is 11.2. The molecule has 106 valence electrons. The quantitative estimate of drug-likeness (QED) is 0.562. The van der Waals surface area contributed by atoms with E-state index in [0.717, 1.165) is 26.3 Å². The van der Waals surface area contributed by atoms with Crippen molar-refractivity contribution in [3.63, 3.8) is 0 Å². The number of nitrogens with zero attached hydrogens (tertiary/aromatic N) is 2. The first-order chi connectivity index (χ1) is 10.8. The van der Waals surface area contributed by atoms with Crippen molar-refractivity contribution in [3.05, 3.63) is 75.0 Å². The first-order valence-electron chi connectivity index (χ1n) is 6.65. The molecule has 0 fully saturated rings. The van der Waals surface area contributed by atoms with Gasteiger partial charge in [0, 0.05) is 15.4 Å². The van der Waals surface area contributed by atoms with E-state index in [-0.39, 0.29) is 0 Å². The summed E-state index contributed by atoms with van der Waals surface area (Å²) in [5, 5.41) is 12.1. The Morgan fingerprint density at radius 1 is 1.14 bits per heavy atom. The van der Waals surface area contributed by atoms with Crippen molar-refractivity contribution in [3.8, 4) is 17.3 Å². The average molecular weight is 367 g/mol. The summed E-state index contributed by atoms with van der Waals surface area (Å²) in [5.41, 5.74) is 3.51. The number of aromatic nitrogens is 1. The van der Waals surface area contributed by atoms with Gasteiger partial charge in [-0.1, -0.05) is 58.4 Å². The number of thiazole rings is 1. The molecule has 22 heavy (non-hydrogen) atoms. The average Bonchev–Trinajstić information content (AvgIpc) is 3.03. The highest BCUT2D eigenvalue weighted by Crippen LogP contribution is 2.27. The van der Waals surface area contributed by atoms with Crippen molar-refractivity contribution in [2.24, 2.45) is 0 Å². The molecule has 2 aromatic carbocycles. The molecule has 0 saturated carbocycles. The van der Waals surface area contributed by atoms with Gasteiger partial charge in [0.15, 0.2) is 0 Å². The molecule has 4 heteroatoms. The molecule has 0 unspecified atom stereocenters. The molecule has 1 heterocycles. The predicted molar refractivity (Wildman–Crippen MR) is 95.2 cm³/mol. The monoisotopic (exact) mass is 366 g/mol. The van der Waals surface area contributed by atoms with Gasteiger partial charge < -0.3 is 0 Å². The van der Waals surface area contributed by atoms with Gasteiger partial charge in [0.25, 0.3) is 0 Å². The van der Waals surface area contributed by atoms with Crippen LogP contribution in [0.5, 0.6) is 0 Å². The molecule has 2 nitrogen and oxygen atoms in total. The van der Waals surface area contributed by atoms with Gasteiger partial charge in [-0.2, -0.15) is 5.26 Å². The Hall–Kier alpha value is -2.22. The second-order valence-electron chi connectivity index (χ2n) is 4.63. The highest BCUT2D eigenvalue weighted by Gasteiger charge is 2.08. The van der Waals surface area contributed by atoms with Crippen LogP contribution in [0.2, 0.25) is 0 Å². The largest absolute Gasteiger partial charge is 0.235 e. The predicted octanol–water partition coefficient (Wildman–Crippen LogP) is 5.64. The van der Waals surface area contributed by atoms with Crippen LogP contribution in [0.1, 0.15) is 10.6 Å². The van der Waals surface area contributed by atoms with E-state index in [1.165, 1.54) is 11.3 Å². The summed E-state index contributed by atoms with van der Waals surface area (Å²) < 4.78 is 0.989. The minimum absolute atomic E-state index is 0.574. The Morgan fingerprint density at radius 3 is 2.68 bits per heavy atom. The molecule has 3 rings (SSSR count). The van der Waals surface area contributed by atoms with Gasteiger partial charge in [-0.3, -0.25) is 0 Å². The van der Waals surface area contributed by atoms with Crippen LogP contribution in [-0.2, 0) is 0 Å². The summed E-state index contributed by atoms with van der Waals surface area (Å²) in [6.07, 6.45) is 1.86. The van der Waals surface area contributed by atoms with Gasteiger partial charge in [0.1, 0.15) is 11.1 Å². The number of benzene rings is 2. The molecule has 3 aromatic rings. The SMILES string of the molecule is N#CC(=Cc1cccc(Br)c1)c1nc(-c2ccccc2)cs1. The van der Waals surface area contributed by atoms with Crippen molar-refractivity contribution in [1.82, 2.24) is 4.98 Å². The van der Waals surface area contributed by atoms with E-state index in [9.17, 15) is 5.26 Å². The lowest BCUT2D eigenvalue weighted by molar-refractivity contribution is 1.37. The summed E-state index contributed by atoms with van der Waals surface area (Å²) in [5.74, 6) is 0. The third kappa shape index (κ3) is 3.33. The Morgan fingerprint density at radius 2 is 1.95 bits per heavy atom. The van der Waals surface area contributed by atoms with Crippen LogP contribution >= 0.6 is 27.3 Å². The number of allylic oxidation sites excluding steroid dienone is 1. The molecule has 1 aromatic heterocycles. The number of hydrogen-bond donors (Lipinski definition) is 0. The van der Waals surface area contributed by atoms with Crippen LogP contribution in [0.3, 0.4) is 0 Å². The fourth-order valence-electron chi connectivity index (χ4n) is 2.04. The first-order valence-corrected chi connectivity index (χ1v) is 8.32. The van der Waals surface area contributed by atoms with Gasteiger partial charge in [0.05, 0.1) is 11.3 Å². The lowest BCUT2D eigenvalue weighted by atomic mass is 10.1. The van der Waals surface area contributed by atoms with E-state index < -0.39 is 0 Å². The second-order valence-corrected chi connectivity index (χ2v) is 6.40. The molecule has 0 aliphatic heterocycles. The molecule has 0 N–H and O–H groups in total. The molecule has 0 atom stereocenters. The Bertz CT molecular complexity index is 860. The molecule has 0 spiro atoms. The number of halogens is 1. The zero-order valence-corrected chi connectivity index (χ0v) is 13.9. The Balaban J connectivity index is 1.96. The van der Waals surface area contributed by atoms with Crippen molar-refractivity contribution in [2.75, 3.05) is 0 Å². The van der Waals surface area contributed by atoms with Crippen molar-refractivity contribution in [1.29, 1.82) is 5.26 Å². The van der Waals surface area contributed by atoms with Crippen LogP contribution in [0.15, 0.2) is 64.5 Å². The smallest absolute Gasteiger partial charge is 0.134 e. The third-order valence-corrected chi connectivity index (χ3v) is 4.45. The number of nitriles is 1. The zero-order valence-electron chi connectivity index (χ0n) is 11.5. The lowest BCUT2D eigenvalue weighted by Crippen LogP contribution is -1.83. The van der Waals surface area contributed by atoms with Crippen LogP contribution in [0, 0.1) is 11.3 Å². The highest BCUT2D eigenvalue weighted by molar-refractivity contribution is 9.10. The van der Waals surface area contributed by atoms with E-state index in [0.29, 0.717) is 5.57 Å². The third-order valence-electron chi connectivity index (χ3n) is 3.08. The maximum Gasteiger partial charge on any atom is 0.134 e. The minimum atomic E-state index is 0.574. The standard InChI is InChI=1S/C18H11BrN2S/c19-16-8-4-5-13(10-16)9-15(11-20)18-21-17(12-22-18)14-6-2-1-3-7-14/h1-10,12H. The van der Waals surface area contributed by atoms with Crippen LogP contribution in [0.25, 0.3) is 22.9 Å². The fourth-order valence-corrected chi connectivity index (χ4v) is 3.26. The molecule has 0 aliphatic rings. The molecule has 0 saturated heterocycles. The summed E-state index contributed by atoms with van der Waals surface area (Å²) >= 11 is 4.93. The van der Waals surface area contributed by atoms with Crippen molar-refractivity contribution < 1.29 is 0 Å². The molecule has 0 amide bonds. The van der Waals surface area contributed by atoms with E-state index >= 15 is 0 Å². The summed E-state index contributed by atoms with van der Waals surface area (Å²) in [6, 6.07) is 20.1.